The predicted molar refractivity (Wildman–Crippen MR) is 257 cm³/mol. The number of aliphatic imine (C=N–C) groups is 1. The molecule has 1 aliphatic heterocycles. The van der Waals surface area contributed by atoms with Gasteiger partial charge in [0.2, 0.25) is 0 Å². The number of hydrogen-bond donors (Lipinski definition) is 2. The topological polar surface area (TPSA) is 54.5 Å². The Bertz CT molecular complexity index is 2910. The van der Waals surface area contributed by atoms with E-state index in [1.54, 1.807) is 5.57 Å². The summed E-state index contributed by atoms with van der Waals surface area (Å²) in [6, 6.07) is 24.8. The number of furan rings is 1. The minimum atomic E-state index is -0.135. The van der Waals surface area contributed by atoms with Crippen LogP contribution in [-0.2, 0) is 6.42 Å². The van der Waals surface area contributed by atoms with Gasteiger partial charge in [0.15, 0.2) is 0 Å². The number of nitrogens with one attached hydrogen (secondary N) is 2. The molecule has 2 aromatic heterocycles. The minimum Gasteiger partial charge on any atom is -0.460 e. The average molecular weight is 813 g/mol. The van der Waals surface area contributed by atoms with E-state index in [9.17, 15) is 0 Å². The van der Waals surface area contributed by atoms with Gasteiger partial charge in [-0.3, -0.25) is 5.32 Å². The molecule has 0 radical (unpaired) electrons. The molecule has 0 spiro atoms. The van der Waals surface area contributed by atoms with Gasteiger partial charge in [0, 0.05) is 57.1 Å². The van der Waals surface area contributed by atoms with Gasteiger partial charge in [0.1, 0.15) is 23.3 Å². The van der Waals surface area contributed by atoms with Crippen LogP contribution in [0.2, 0.25) is 0 Å². The van der Waals surface area contributed by atoms with Crippen LogP contribution in [-0.4, -0.2) is 22.7 Å². The molecule has 310 valence electrons. The van der Waals surface area contributed by atoms with Gasteiger partial charge in [0.05, 0.1) is 11.7 Å². The van der Waals surface area contributed by atoms with Gasteiger partial charge in [-0.2, -0.15) is 0 Å². The van der Waals surface area contributed by atoms with Crippen LogP contribution in [0.3, 0.4) is 0 Å². The summed E-state index contributed by atoms with van der Waals surface area (Å²) >= 11 is 0. The highest BCUT2D eigenvalue weighted by atomic mass is 16.3. The maximum Gasteiger partial charge on any atom is 0.135 e. The van der Waals surface area contributed by atoms with Crippen molar-refractivity contribution in [1.82, 2.24) is 15.2 Å². The van der Waals surface area contributed by atoms with Crippen molar-refractivity contribution in [2.45, 2.75) is 102 Å². The van der Waals surface area contributed by atoms with E-state index in [-0.39, 0.29) is 24.3 Å². The van der Waals surface area contributed by atoms with Crippen molar-refractivity contribution in [2.75, 3.05) is 0 Å². The van der Waals surface area contributed by atoms with Crippen molar-refractivity contribution in [3.63, 3.8) is 0 Å². The van der Waals surface area contributed by atoms with Crippen molar-refractivity contribution in [1.29, 1.82) is 0 Å². The first-order chi connectivity index (χ1) is 30.7. The van der Waals surface area contributed by atoms with Gasteiger partial charge in [-0.1, -0.05) is 127 Å². The van der Waals surface area contributed by atoms with Crippen molar-refractivity contribution in [2.24, 2.45) is 16.8 Å². The molecule has 7 aliphatic rings. The van der Waals surface area contributed by atoms with Gasteiger partial charge in [0.25, 0.3) is 0 Å². The molecule has 0 bridgehead atoms. The second-order valence-electron chi connectivity index (χ2n) is 18.5. The summed E-state index contributed by atoms with van der Waals surface area (Å²) in [6.07, 6.45) is 43.3. The number of amidine groups is 1. The number of aromatic nitrogens is 1. The molecule has 5 aromatic rings. The fraction of sp³-hybridized carbons (Fsp3) is 0.316. The number of hydrogen-bond acceptors (Lipinski definition) is 4. The first-order valence-electron chi connectivity index (χ1n) is 23.6. The smallest absolute Gasteiger partial charge is 0.135 e. The molecular weight excluding hydrogens is 757 g/mol. The zero-order chi connectivity index (χ0) is 41.0. The summed E-state index contributed by atoms with van der Waals surface area (Å²) in [7, 11) is 0. The molecule has 62 heavy (non-hydrogen) atoms. The van der Waals surface area contributed by atoms with Crippen LogP contribution in [0.5, 0.6) is 0 Å². The van der Waals surface area contributed by atoms with E-state index in [0.717, 1.165) is 80.5 Å². The summed E-state index contributed by atoms with van der Waals surface area (Å²) in [5.74, 6) is 2.73. The molecule has 5 nitrogen and oxygen atoms in total. The summed E-state index contributed by atoms with van der Waals surface area (Å²) in [5.41, 5.74) is 14.9. The maximum absolute atomic E-state index is 6.59. The monoisotopic (exact) mass is 812 g/mol. The Hall–Kier alpha value is -5.91. The molecule has 0 amide bonds. The number of fused-ring (bicyclic) bond motifs is 6. The first kappa shape index (κ1) is 37.8. The standard InChI is InChI=1S/C57H56N4O/c1-5-17-37(18-6-1)43-31-29-41(33-46(43)38-19-7-2-8-20-38)42-30-32-51(49(34-42)57-59-55(39-21-9-3-10-22-39)58-56(60-57)40-23-11-4-12-24-40)61-50-27-15-13-25-44(50)47-36-54-48(35-52(47)61)45-26-14-16-28-53(45)62-54/h3,5,9-11,13-15,17-19,21-27,29-31,35-36,46,49,51,56-57,60H,1-2,4,6-8,12,16,20,28,32-34H2,(H,58,59). The van der Waals surface area contributed by atoms with Gasteiger partial charge in [-0.05, 0) is 123 Å². The van der Waals surface area contributed by atoms with E-state index in [2.05, 4.69) is 155 Å². The Morgan fingerprint density at radius 1 is 0.677 bits per heavy atom. The third-order valence-electron chi connectivity index (χ3n) is 14.8. The lowest BCUT2D eigenvalue weighted by molar-refractivity contribution is 0.216. The van der Waals surface area contributed by atoms with Crippen LogP contribution in [0.15, 0.2) is 176 Å². The Morgan fingerprint density at radius 2 is 1.55 bits per heavy atom. The van der Waals surface area contributed by atoms with E-state index in [0.29, 0.717) is 5.92 Å². The number of aryl methyl sites for hydroxylation is 1. The molecule has 3 heterocycles. The van der Waals surface area contributed by atoms with Crippen molar-refractivity contribution in [3.8, 4) is 0 Å². The highest BCUT2D eigenvalue weighted by Crippen LogP contribution is 2.48. The van der Waals surface area contributed by atoms with Gasteiger partial charge < -0.3 is 14.3 Å². The zero-order valence-corrected chi connectivity index (χ0v) is 35.7. The summed E-state index contributed by atoms with van der Waals surface area (Å²) < 4.78 is 9.30. The first-order valence-corrected chi connectivity index (χ1v) is 23.6. The van der Waals surface area contributed by atoms with Crippen LogP contribution in [0.25, 0.3) is 38.9 Å². The Morgan fingerprint density at radius 3 is 2.40 bits per heavy atom. The van der Waals surface area contributed by atoms with E-state index < -0.39 is 0 Å². The van der Waals surface area contributed by atoms with Crippen molar-refractivity contribution >= 4 is 44.7 Å². The molecule has 5 unspecified atom stereocenters. The molecule has 5 atom stereocenters. The van der Waals surface area contributed by atoms with Crippen LogP contribution >= 0.6 is 0 Å². The molecule has 5 heteroatoms. The van der Waals surface area contributed by atoms with Gasteiger partial charge in [-0.25, -0.2) is 4.99 Å². The molecule has 6 aliphatic carbocycles. The van der Waals surface area contributed by atoms with Gasteiger partial charge >= 0.3 is 0 Å². The molecule has 0 saturated carbocycles. The lowest BCUT2D eigenvalue weighted by Gasteiger charge is -2.43. The highest BCUT2D eigenvalue weighted by Gasteiger charge is 2.40. The van der Waals surface area contributed by atoms with Crippen LogP contribution < -0.4 is 10.6 Å². The average Bonchev–Trinajstić information content (AvgIpc) is 3.88. The maximum atomic E-state index is 6.59. The van der Waals surface area contributed by atoms with Crippen LogP contribution in [0.1, 0.15) is 100.0 Å². The van der Waals surface area contributed by atoms with E-state index in [1.165, 1.54) is 86.3 Å². The third kappa shape index (κ3) is 6.77. The van der Waals surface area contributed by atoms with E-state index in [1.807, 2.05) is 0 Å². The fourth-order valence-corrected chi connectivity index (χ4v) is 11.7. The van der Waals surface area contributed by atoms with E-state index in [4.69, 9.17) is 9.41 Å². The SMILES string of the molecule is C1=CC(C2=CC=C(C3=CCC(n4c5ccccc5c5cc6oc7c(c6cc54)C=CCC7)C(C4NC(c5ccccc5)=NC(C5=CCCC=C5)N4)C3)CC2C2=CCCCC2)=CCC1. The number of allylic oxidation sites excluding steroid dienone is 15. The van der Waals surface area contributed by atoms with Crippen LogP contribution in [0, 0.1) is 11.8 Å². The highest BCUT2D eigenvalue weighted by molar-refractivity contribution is 6.13. The lowest BCUT2D eigenvalue weighted by Crippen LogP contribution is -2.59. The lowest BCUT2D eigenvalue weighted by atomic mass is 9.71. The number of para-hydroxylation sites is 1. The van der Waals surface area contributed by atoms with Crippen molar-refractivity contribution < 1.29 is 4.42 Å². The largest absolute Gasteiger partial charge is 0.460 e. The second kappa shape index (κ2) is 16.1. The minimum absolute atomic E-state index is 0.0353. The van der Waals surface area contributed by atoms with E-state index >= 15 is 0 Å². The van der Waals surface area contributed by atoms with Crippen LogP contribution in [0.4, 0.5) is 0 Å². The quantitative estimate of drug-likeness (QED) is 0.161. The molecule has 12 rings (SSSR count). The Balaban J connectivity index is 1.01. The second-order valence-corrected chi connectivity index (χ2v) is 18.5. The third-order valence-corrected chi connectivity index (χ3v) is 14.8. The fourth-order valence-electron chi connectivity index (χ4n) is 11.7. The normalized spacial score (nSPS) is 26.3. The Labute approximate surface area is 365 Å². The molecule has 0 fully saturated rings. The molecular formula is C57H56N4O. The molecule has 0 saturated heterocycles. The van der Waals surface area contributed by atoms with Gasteiger partial charge in [-0.15, -0.1) is 0 Å². The number of benzene rings is 3. The number of nitrogens with zero attached hydrogens (tertiary/aromatic N) is 2. The molecule has 3 aromatic carbocycles. The van der Waals surface area contributed by atoms with Crippen molar-refractivity contribution in [3.05, 3.63) is 184 Å². The predicted octanol–water partition coefficient (Wildman–Crippen LogP) is 13.6. The summed E-state index contributed by atoms with van der Waals surface area (Å²) in [6.45, 7) is 0. The molecule has 2 N–H and O–H groups in total. The number of rotatable bonds is 7. The summed E-state index contributed by atoms with van der Waals surface area (Å²) in [4.78, 5) is 5.40. The summed E-state index contributed by atoms with van der Waals surface area (Å²) in [5, 5.41) is 12.0. The zero-order valence-electron chi connectivity index (χ0n) is 35.7. The Kier molecular flexibility index (Phi) is 9.81.